The molecule has 2 aliphatic rings. The van der Waals surface area contributed by atoms with Crippen molar-refractivity contribution < 1.29 is 14.7 Å². The van der Waals surface area contributed by atoms with Crippen molar-refractivity contribution in [3.05, 3.63) is 0 Å². The Hall–Kier alpha value is -1.06. The number of rotatable bonds is 4. The number of carboxylic acids is 1. The van der Waals surface area contributed by atoms with Crippen LogP contribution >= 0.6 is 0 Å². The predicted molar refractivity (Wildman–Crippen MR) is 63.5 cm³/mol. The lowest BCUT2D eigenvalue weighted by Crippen LogP contribution is -2.40. The Morgan fingerprint density at radius 2 is 1.71 bits per heavy atom. The molecular weight excluding hydrogens is 218 g/mol. The minimum Gasteiger partial charge on any atom is -0.481 e. The van der Waals surface area contributed by atoms with Crippen LogP contribution in [0.4, 0.5) is 0 Å². The van der Waals surface area contributed by atoms with Gasteiger partial charge in [0.1, 0.15) is 0 Å². The molecular formula is C13H21NO3. The van der Waals surface area contributed by atoms with Gasteiger partial charge in [-0.1, -0.05) is 0 Å². The van der Waals surface area contributed by atoms with Crippen LogP contribution in [-0.4, -0.2) is 35.0 Å². The van der Waals surface area contributed by atoms with Crippen LogP contribution < -0.4 is 0 Å². The molecule has 2 aliphatic carbocycles. The van der Waals surface area contributed by atoms with Gasteiger partial charge in [-0.05, 0) is 44.4 Å². The van der Waals surface area contributed by atoms with Crippen molar-refractivity contribution in [1.82, 2.24) is 4.90 Å². The molecule has 0 aliphatic heterocycles. The van der Waals surface area contributed by atoms with Crippen molar-refractivity contribution >= 4 is 11.9 Å². The second kappa shape index (κ2) is 5.07. The summed E-state index contributed by atoms with van der Waals surface area (Å²) in [6, 6.07) is 0.341. The lowest BCUT2D eigenvalue weighted by Gasteiger charge is -2.34. The molecule has 1 amide bonds. The van der Waals surface area contributed by atoms with E-state index in [0.29, 0.717) is 17.9 Å². The van der Waals surface area contributed by atoms with Crippen LogP contribution in [0.5, 0.6) is 0 Å². The van der Waals surface area contributed by atoms with Gasteiger partial charge in [0.15, 0.2) is 0 Å². The minimum absolute atomic E-state index is 0.285. The summed E-state index contributed by atoms with van der Waals surface area (Å²) in [4.78, 5) is 24.4. The van der Waals surface area contributed by atoms with Crippen LogP contribution in [-0.2, 0) is 9.59 Å². The van der Waals surface area contributed by atoms with E-state index in [1.165, 1.54) is 0 Å². The highest BCUT2D eigenvalue weighted by Gasteiger charge is 2.35. The summed E-state index contributed by atoms with van der Waals surface area (Å²) in [5.74, 6) is 0.201. The van der Waals surface area contributed by atoms with Gasteiger partial charge in [-0.15, -0.1) is 0 Å². The zero-order valence-corrected chi connectivity index (χ0v) is 10.4. The average molecular weight is 239 g/mol. The van der Waals surface area contributed by atoms with Gasteiger partial charge in [-0.25, -0.2) is 0 Å². The number of nitrogens with zero attached hydrogens (tertiary/aromatic N) is 1. The molecule has 0 aromatic heterocycles. The Morgan fingerprint density at radius 3 is 2.18 bits per heavy atom. The van der Waals surface area contributed by atoms with Crippen molar-refractivity contribution in [2.45, 2.75) is 51.0 Å². The maximum absolute atomic E-state index is 11.9. The Balaban J connectivity index is 1.77. The van der Waals surface area contributed by atoms with Crippen LogP contribution in [0.3, 0.4) is 0 Å². The van der Waals surface area contributed by atoms with E-state index in [2.05, 4.69) is 0 Å². The van der Waals surface area contributed by atoms with Crippen LogP contribution in [0.1, 0.15) is 44.9 Å². The summed E-state index contributed by atoms with van der Waals surface area (Å²) in [7, 11) is 1.91. The molecule has 0 atom stereocenters. The average Bonchev–Trinajstić information content (AvgIpc) is 3.11. The quantitative estimate of drug-likeness (QED) is 0.815. The number of carboxylic acid groups (broad SMARTS) is 1. The van der Waals surface area contributed by atoms with E-state index in [9.17, 15) is 9.59 Å². The fourth-order valence-corrected chi connectivity index (χ4v) is 2.78. The van der Waals surface area contributed by atoms with E-state index in [1.54, 1.807) is 0 Å². The molecule has 1 N–H and O–H groups in total. The second-order valence-corrected chi connectivity index (χ2v) is 5.50. The largest absolute Gasteiger partial charge is 0.481 e. The fraction of sp³-hybridized carbons (Fsp3) is 0.846. The van der Waals surface area contributed by atoms with Crippen molar-refractivity contribution in [1.29, 1.82) is 0 Å². The molecule has 0 spiro atoms. The molecule has 4 heteroatoms. The van der Waals surface area contributed by atoms with Gasteiger partial charge in [0, 0.05) is 25.4 Å². The van der Waals surface area contributed by atoms with E-state index in [-0.39, 0.29) is 12.3 Å². The van der Waals surface area contributed by atoms with E-state index in [0.717, 1.165) is 38.5 Å². The molecule has 0 bridgehead atoms. The molecule has 0 unspecified atom stereocenters. The minimum atomic E-state index is -0.698. The normalized spacial score (nSPS) is 28.8. The number of hydrogen-bond acceptors (Lipinski definition) is 2. The van der Waals surface area contributed by atoms with Crippen LogP contribution in [0.2, 0.25) is 0 Å². The van der Waals surface area contributed by atoms with Crippen LogP contribution in [0.25, 0.3) is 0 Å². The van der Waals surface area contributed by atoms with Gasteiger partial charge in [0.2, 0.25) is 5.91 Å². The summed E-state index contributed by atoms with van der Waals surface area (Å²) in [5.41, 5.74) is 0. The monoisotopic (exact) mass is 239 g/mol. The first-order valence-electron chi connectivity index (χ1n) is 6.56. The molecule has 96 valence electrons. The molecule has 0 aromatic carbocycles. The van der Waals surface area contributed by atoms with E-state index >= 15 is 0 Å². The highest BCUT2D eigenvalue weighted by Crippen LogP contribution is 2.34. The van der Waals surface area contributed by atoms with E-state index < -0.39 is 5.97 Å². The zero-order valence-electron chi connectivity index (χ0n) is 10.4. The molecule has 0 radical (unpaired) electrons. The van der Waals surface area contributed by atoms with Gasteiger partial charge >= 0.3 is 5.97 Å². The van der Waals surface area contributed by atoms with Crippen molar-refractivity contribution in [3.8, 4) is 0 Å². The lowest BCUT2D eigenvalue weighted by molar-refractivity contribution is -0.139. The second-order valence-electron chi connectivity index (χ2n) is 5.50. The molecule has 17 heavy (non-hydrogen) atoms. The van der Waals surface area contributed by atoms with E-state index in [4.69, 9.17) is 5.11 Å². The maximum atomic E-state index is 11.9. The van der Waals surface area contributed by atoms with Crippen LogP contribution in [0.15, 0.2) is 0 Å². The highest BCUT2D eigenvalue weighted by molar-refractivity contribution is 5.81. The van der Waals surface area contributed by atoms with Crippen LogP contribution in [0, 0.1) is 11.8 Å². The number of carbonyl (C=O) groups excluding carboxylic acids is 1. The topological polar surface area (TPSA) is 57.6 Å². The molecule has 2 saturated carbocycles. The Bertz CT molecular complexity index is 304. The number of carbonyl (C=O) groups is 2. The SMILES string of the molecule is CN(C(=O)C1CC1)[C@H]1CC[C@H](CC(=O)O)CC1. The first-order chi connectivity index (χ1) is 8.08. The third-order valence-electron chi connectivity index (χ3n) is 4.10. The predicted octanol–water partition coefficient (Wildman–Crippen LogP) is 1.89. The Labute approximate surface area is 102 Å². The van der Waals surface area contributed by atoms with Crippen molar-refractivity contribution in [3.63, 3.8) is 0 Å². The lowest BCUT2D eigenvalue weighted by atomic mass is 9.83. The van der Waals surface area contributed by atoms with Gasteiger partial charge in [0.25, 0.3) is 0 Å². The third kappa shape index (κ3) is 3.20. The molecule has 0 aromatic rings. The summed E-state index contributed by atoms with van der Waals surface area (Å²) in [6.07, 6.45) is 6.21. The zero-order chi connectivity index (χ0) is 12.4. The number of aliphatic carboxylic acids is 1. The standard InChI is InChI=1S/C13H21NO3/c1-14(13(17)10-4-5-10)11-6-2-9(3-7-11)8-12(15)16/h9-11H,2-8H2,1H3,(H,15,16)/t9-,11-. The molecule has 2 fully saturated rings. The smallest absolute Gasteiger partial charge is 0.303 e. The summed E-state index contributed by atoms with van der Waals surface area (Å²) in [6.45, 7) is 0. The first-order valence-corrected chi connectivity index (χ1v) is 6.56. The molecule has 0 heterocycles. The highest BCUT2D eigenvalue weighted by atomic mass is 16.4. The van der Waals surface area contributed by atoms with Gasteiger partial charge < -0.3 is 10.0 Å². The summed E-state index contributed by atoms with van der Waals surface area (Å²) in [5, 5.41) is 8.75. The maximum Gasteiger partial charge on any atom is 0.303 e. The number of hydrogen-bond donors (Lipinski definition) is 1. The van der Waals surface area contributed by atoms with Gasteiger partial charge in [0.05, 0.1) is 0 Å². The Morgan fingerprint density at radius 1 is 1.12 bits per heavy atom. The molecule has 0 saturated heterocycles. The first kappa shape index (κ1) is 12.4. The summed E-state index contributed by atoms with van der Waals surface area (Å²) < 4.78 is 0. The summed E-state index contributed by atoms with van der Waals surface area (Å²) >= 11 is 0. The fourth-order valence-electron chi connectivity index (χ4n) is 2.78. The van der Waals surface area contributed by atoms with Gasteiger partial charge in [-0.2, -0.15) is 0 Å². The number of amides is 1. The van der Waals surface area contributed by atoms with E-state index in [1.807, 2.05) is 11.9 Å². The Kier molecular flexibility index (Phi) is 3.69. The molecule has 4 nitrogen and oxygen atoms in total. The van der Waals surface area contributed by atoms with Crippen molar-refractivity contribution in [2.75, 3.05) is 7.05 Å². The van der Waals surface area contributed by atoms with Gasteiger partial charge in [-0.3, -0.25) is 9.59 Å². The molecule has 2 rings (SSSR count). The third-order valence-corrected chi connectivity index (χ3v) is 4.10. The van der Waals surface area contributed by atoms with Crippen molar-refractivity contribution in [2.24, 2.45) is 11.8 Å².